The highest BCUT2D eigenvalue weighted by Crippen LogP contribution is 2.39. The highest BCUT2D eigenvalue weighted by molar-refractivity contribution is 6.39. The van der Waals surface area contributed by atoms with Crippen LogP contribution < -0.4 is 15.4 Å². The molecule has 5 N–H and O–H groups in total. The summed E-state index contributed by atoms with van der Waals surface area (Å²) >= 11 is 0. The normalized spacial score (nSPS) is 37.5. The number of hydrogen-bond donors (Lipinski definition) is 4. The lowest BCUT2D eigenvalue weighted by Gasteiger charge is -2.43. The van der Waals surface area contributed by atoms with Crippen molar-refractivity contribution in [1.82, 2.24) is 4.90 Å². The molecule has 1 aromatic rings. The number of cyclic esters (lactones) is 1. The zero-order valence-electron chi connectivity index (χ0n) is 44.7. The van der Waals surface area contributed by atoms with E-state index in [4.69, 9.17) is 29.4 Å². The number of rotatable bonds is 8. The van der Waals surface area contributed by atoms with E-state index in [9.17, 15) is 34.5 Å². The van der Waals surface area contributed by atoms with Gasteiger partial charge in [0, 0.05) is 57.4 Å². The molecule has 2 bridgehead atoms. The number of esters is 1. The first-order valence-electron chi connectivity index (χ1n) is 26.5. The minimum absolute atomic E-state index is 0.0249. The van der Waals surface area contributed by atoms with E-state index in [0.717, 1.165) is 17.7 Å². The molecule has 2 saturated heterocycles. The van der Waals surface area contributed by atoms with Crippen LogP contribution in [0.1, 0.15) is 125 Å². The lowest BCUT2D eigenvalue weighted by Crippen LogP contribution is -2.61. The van der Waals surface area contributed by atoms with Crippen molar-refractivity contribution in [3.63, 3.8) is 0 Å². The number of carbonyl (C=O) groups is 4. The third-order valence-corrected chi connectivity index (χ3v) is 16.0. The summed E-state index contributed by atoms with van der Waals surface area (Å²) < 4.78 is 29.6. The number of methoxy groups -OCH3 is 3. The first kappa shape index (κ1) is 58.7. The van der Waals surface area contributed by atoms with Crippen LogP contribution in [0.25, 0.3) is 0 Å². The van der Waals surface area contributed by atoms with Gasteiger partial charge in [0.2, 0.25) is 5.79 Å². The lowest BCUT2D eigenvalue weighted by atomic mass is 9.78. The van der Waals surface area contributed by atoms with Gasteiger partial charge in [-0.2, -0.15) is 0 Å². The molecule has 5 rings (SSSR count). The predicted molar refractivity (Wildman–Crippen MR) is 278 cm³/mol. The molecule has 15 atom stereocenters. The van der Waals surface area contributed by atoms with Gasteiger partial charge in [0.05, 0.1) is 31.5 Å². The minimum atomic E-state index is -2.43. The van der Waals surface area contributed by atoms with Crippen LogP contribution in [0.5, 0.6) is 5.75 Å². The minimum Gasteiger partial charge on any atom is -0.497 e. The maximum Gasteiger partial charge on any atom is 0.329 e. The number of fused-ring (bicyclic) bond motifs is 3. The molecule has 0 aromatic heterocycles. The number of carbonyl (C=O) groups excluding carboxylic acids is 4. The molecule has 4 aliphatic rings. The fourth-order valence-corrected chi connectivity index (χ4v) is 11.3. The molecule has 3 fully saturated rings. The van der Waals surface area contributed by atoms with E-state index in [2.05, 4.69) is 4.90 Å². The zero-order chi connectivity index (χ0) is 52.9. The standard InChI is InChI=1S/C57H87N3O12/c1-35-17-12-11-13-18-36(2)47(59(7)43-19-16-20-44(33-43)68-8)34-45-25-22-40(6)57(67,72-45)54(64)55(65)60-28-15-14-21-46(60)56(66)71-49(37(3)30-41-23-26-48(61)50(32-41)69-9)27-24-42(58)31-39(5)52(63)53(70-10)51(62)38(4)29-35/h11-13,16-20,31,33,35,37-38,40-42,45-50,52-53,61,63,67H,14-15,21-30,32,34,58H2,1-10H3/b13-11+,17-12+,36-18+,39-31+/t35-,37-,38?,40?,41?,42+,45+,46?,47+,48-,49+,50?,52?,53+,57?/m1/s1. The van der Waals surface area contributed by atoms with Gasteiger partial charge in [0.1, 0.15) is 30.1 Å². The number of amides is 1. The highest BCUT2D eigenvalue weighted by atomic mass is 16.6. The molecule has 15 heteroatoms. The summed E-state index contributed by atoms with van der Waals surface area (Å²) in [5, 5.41) is 34.3. The lowest BCUT2D eigenvalue weighted by molar-refractivity contribution is -0.263. The van der Waals surface area contributed by atoms with E-state index in [1.54, 1.807) is 34.1 Å². The van der Waals surface area contributed by atoms with E-state index in [0.29, 0.717) is 82.0 Å². The van der Waals surface area contributed by atoms with Gasteiger partial charge in [-0.3, -0.25) is 14.4 Å². The number of anilines is 1. The van der Waals surface area contributed by atoms with Crippen molar-refractivity contribution in [2.24, 2.45) is 35.3 Å². The van der Waals surface area contributed by atoms with Crippen molar-refractivity contribution in [2.75, 3.05) is 39.8 Å². The van der Waals surface area contributed by atoms with Crippen molar-refractivity contribution in [3.8, 4) is 5.75 Å². The average molecular weight is 1010 g/mol. The molecule has 72 heavy (non-hydrogen) atoms. The van der Waals surface area contributed by atoms with Crippen LogP contribution in [-0.4, -0.2) is 139 Å². The molecule has 0 spiro atoms. The first-order chi connectivity index (χ1) is 34.2. The number of Topliss-reactive ketones (excluding diaryl/α,β-unsaturated/α-hetero) is 2. The Bertz CT molecular complexity index is 2090. The van der Waals surface area contributed by atoms with Crippen molar-refractivity contribution in [2.45, 2.75) is 186 Å². The fraction of sp³-hybridized carbons (Fsp3) is 0.684. The third kappa shape index (κ3) is 15.2. The number of allylic oxidation sites excluding steroid dienone is 5. The van der Waals surface area contributed by atoms with Gasteiger partial charge < -0.3 is 54.5 Å². The number of nitrogens with two attached hydrogens (primary N) is 1. The van der Waals surface area contributed by atoms with Crippen LogP contribution in [0.4, 0.5) is 5.69 Å². The highest BCUT2D eigenvalue weighted by Gasteiger charge is 2.53. The maximum atomic E-state index is 14.5. The molecule has 15 nitrogen and oxygen atoms in total. The number of piperidine rings is 1. The number of nitrogens with zero attached hydrogens (tertiary/aromatic N) is 2. The molecular weight excluding hydrogens is 919 g/mol. The van der Waals surface area contributed by atoms with E-state index >= 15 is 0 Å². The quantitative estimate of drug-likeness (QED) is 0.116. The summed E-state index contributed by atoms with van der Waals surface area (Å²) in [6.45, 7) is 11.5. The van der Waals surface area contributed by atoms with Gasteiger partial charge in [-0.05, 0) is 133 Å². The number of ketones is 2. The molecule has 3 aliphatic heterocycles. The second kappa shape index (κ2) is 27.4. The Kier molecular flexibility index (Phi) is 22.3. The molecule has 1 aromatic carbocycles. The predicted octanol–water partition coefficient (Wildman–Crippen LogP) is 7.19. The third-order valence-electron chi connectivity index (χ3n) is 16.0. The molecule has 402 valence electrons. The monoisotopic (exact) mass is 1010 g/mol. The summed E-state index contributed by atoms with van der Waals surface area (Å²) in [5.41, 5.74) is 9.05. The van der Waals surface area contributed by atoms with Gasteiger partial charge in [-0.1, -0.05) is 75.8 Å². The van der Waals surface area contributed by atoms with Crippen LogP contribution >= 0.6 is 0 Å². The summed E-state index contributed by atoms with van der Waals surface area (Å²) in [7, 11) is 6.60. The first-order valence-corrected chi connectivity index (χ1v) is 26.5. The molecule has 0 radical (unpaired) electrons. The van der Waals surface area contributed by atoms with E-state index in [-0.39, 0.29) is 48.6 Å². The summed E-state index contributed by atoms with van der Waals surface area (Å²) in [6.07, 6.45) is 13.9. The van der Waals surface area contributed by atoms with Gasteiger partial charge in [0.25, 0.3) is 11.7 Å². The van der Waals surface area contributed by atoms with Crippen molar-refractivity contribution < 1.29 is 58.2 Å². The number of hydrogen-bond acceptors (Lipinski definition) is 14. The Morgan fingerprint density at radius 2 is 1.64 bits per heavy atom. The fourth-order valence-electron chi connectivity index (χ4n) is 11.3. The summed E-state index contributed by atoms with van der Waals surface area (Å²) in [4.78, 5) is 60.8. The van der Waals surface area contributed by atoms with Gasteiger partial charge >= 0.3 is 5.97 Å². The Morgan fingerprint density at radius 3 is 2.35 bits per heavy atom. The molecule has 7 unspecified atom stereocenters. The van der Waals surface area contributed by atoms with Gasteiger partial charge in [-0.25, -0.2) is 4.79 Å². The number of aliphatic hydroxyl groups is 3. The summed E-state index contributed by atoms with van der Waals surface area (Å²) in [6, 6.07) is 5.77. The largest absolute Gasteiger partial charge is 0.497 e. The number of aliphatic hydroxyl groups excluding tert-OH is 2. The number of likely N-dealkylation sites (N-methyl/N-ethyl adjacent to an activating group) is 1. The van der Waals surface area contributed by atoms with E-state index in [1.807, 2.05) is 89.4 Å². The average Bonchev–Trinajstić information content (AvgIpc) is 3.37. The van der Waals surface area contributed by atoms with Crippen LogP contribution in [0, 0.1) is 29.6 Å². The Morgan fingerprint density at radius 1 is 0.889 bits per heavy atom. The Labute approximate surface area is 429 Å². The topological polar surface area (TPSA) is 208 Å². The molecule has 1 amide bonds. The Balaban J connectivity index is 1.50. The van der Waals surface area contributed by atoms with Gasteiger partial charge in [0.15, 0.2) is 5.78 Å². The molecule has 3 heterocycles. The maximum absolute atomic E-state index is 14.5. The van der Waals surface area contributed by atoms with E-state index < -0.39 is 77.9 Å². The van der Waals surface area contributed by atoms with Crippen molar-refractivity contribution >= 4 is 29.1 Å². The second-order valence-electron chi connectivity index (χ2n) is 21.5. The molecular formula is C57H87N3O12. The van der Waals surface area contributed by atoms with Crippen LogP contribution in [0.15, 0.2) is 71.9 Å². The van der Waals surface area contributed by atoms with Crippen molar-refractivity contribution in [1.29, 1.82) is 0 Å². The van der Waals surface area contributed by atoms with E-state index in [1.165, 1.54) is 12.0 Å². The van der Waals surface area contributed by atoms with Crippen molar-refractivity contribution in [3.05, 3.63) is 71.9 Å². The smallest absolute Gasteiger partial charge is 0.329 e. The number of ether oxygens (including phenoxy) is 5. The van der Waals surface area contributed by atoms with Crippen LogP contribution in [-0.2, 0) is 38.1 Å². The second-order valence-corrected chi connectivity index (χ2v) is 21.5. The zero-order valence-corrected chi connectivity index (χ0v) is 44.7. The molecule has 1 aliphatic carbocycles. The molecule has 1 saturated carbocycles. The number of benzene rings is 1. The van der Waals surface area contributed by atoms with Gasteiger partial charge in [-0.15, -0.1) is 0 Å². The van der Waals surface area contributed by atoms with Crippen LogP contribution in [0.3, 0.4) is 0 Å². The summed E-state index contributed by atoms with van der Waals surface area (Å²) in [5.74, 6) is -5.76. The SMILES string of the molecule is COc1cccc(N(C)[C@H]2C[C@@H]3CCC(C)C(O)(O3)C(=O)C(=O)N3CCCCC3C(=O)O[C@H]([C@H](C)CC3CC[C@@H](O)C(OC)C3)CC[C@H](N)/C=C(\C)C(O)[C@@H](OC)C(=O)C(C)C[C@H](C)/C=C/C=C/C=C/2C)c1. The van der Waals surface area contributed by atoms with Crippen LogP contribution in [0.2, 0.25) is 0 Å². The Hall–Kier alpha value is -4.22.